The molecule has 1 aliphatic rings. The Kier molecular flexibility index (Phi) is 13.7. The Hall–Kier alpha value is -1.46. The summed E-state index contributed by atoms with van der Waals surface area (Å²) < 4.78 is 11.3. The van der Waals surface area contributed by atoms with Crippen LogP contribution in [-0.2, 0) is 9.47 Å². The second kappa shape index (κ2) is 14.3. The van der Waals surface area contributed by atoms with Crippen LogP contribution in [0.25, 0.3) is 0 Å². The number of carbonyl (C=O) groups excluding carboxylic acids is 2. The zero-order valence-electron chi connectivity index (χ0n) is 23.7. The maximum absolute atomic E-state index is 12.6. The summed E-state index contributed by atoms with van der Waals surface area (Å²) in [5.74, 6) is 0. The molecule has 1 aliphatic carbocycles. The van der Waals surface area contributed by atoms with Gasteiger partial charge in [-0.1, -0.05) is 69.7 Å². The van der Waals surface area contributed by atoms with Crippen LogP contribution in [0.5, 0.6) is 0 Å². The molecule has 0 spiro atoms. The Bertz CT molecular complexity index is 624. The number of amides is 2. The van der Waals surface area contributed by atoms with Crippen molar-refractivity contribution in [1.29, 1.82) is 0 Å². The van der Waals surface area contributed by atoms with Gasteiger partial charge in [0, 0.05) is 23.4 Å². The van der Waals surface area contributed by atoms with E-state index in [2.05, 4.69) is 72.9 Å². The minimum atomic E-state index is -0.344. The van der Waals surface area contributed by atoms with E-state index in [1.807, 2.05) is 0 Å². The quantitative estimate of drug-likeness (QED) is 0.269. The van der Waals surface area contributed by atoms with Crippen LogP contribution < -0.4 is 10.6 Å². The van der Waals surface area contributed by atoms with E-state index in [4.69, 9.17) is 9.47 Å². The summed E-state index contributed by atoms with van der Waals surface area (Å²) in [6, 6.07) is 0.0197. The first-order chi connectivity index (χ1) is 15.9. The summed E-state index contributed by atoms with van der Waals surface area (Å²) in [4.78, 5) is 25.1. The maximum Gasteiger partial charge on any atom is 0.407 e. The molecule has 1 saturated carbocycles. The molecule has 6 heteroatoms. The SMILES string of the molecule is C.CCC(CC)(CC)COC(=O)NCC1(C)CC(NC(=O)OCC(CC)(CC)CC)CC(C)(C)C1. The summed E-state index contributed by atoms with van der Waals surface area (Å²) in [5.41, 5.74) is 0.0513. The van der Waals surface area contributed by atoms with Gasteiger partial charge in [0.15, 0.2) is 0 Å². The lowest BCUT2D eigenvalue weighted by Gasteiger charge is -2.46. The van der Waals surface area contributed by atoms with Crippen LogP contribution >= 0.6 is 0 Å². The molecule has 35 heavy (non-hydrogen) atoms. The van der Waals surface area contributed by atoms with Gasteiger partial charge in [-0.3, -0.25) is 0 Å². The minimum absolute atomic E-state index is 0. The molecule has 0 bridgehead atoms. The van der Waals surface area contributed by atoms with Gasteiger partial charge >= 0.3 is 12.2 Å². The molecule has 0 heterocycles. The predicted octanol–water partition coefficient (Wildman–Crippen LogP) is 8.09. The van der Waals surface area contributed by atoms with Gasteiger partial charge in [-0.25, -0.2) is 9.59 Å². The fourth-order valence-corrected chi connectivity index (χ4v) is 5.97. The molecule has 0 aromatic rings. The Morgan fingerprint density at radius 3 is 1.63 bits per heavy atom. The molecule has 0 saturated heterocycles. The second-order valence-corrected chi connectivity index (χ2v) is 12.0. The van der Waals surface area contributed by atoms with Crippen molar-refractivity contribution in [3.8, 4) is 0 Å². The molecule has 0 aromatic carbocycles. The highest BCUT2D eigenvalue weighted by molar-refractivity contribution is 5.68. The van der Waals surface area contributed by atoms with Gasteiger partial charge < -0.3 is 20.1 Å². The molecular weight excluding hydrogens is 440 g/mol. The molecule has 1 rings (SSSR count). The van der Waals surface area contributed by atoms with Gasteiger partial charge in [-0.2, -0.15) is 0 Å². The monoisotopic (exact) mass is 498 g/mol. The average molecular weight is 499 g/mol. The van der Waals surface area contributed by atoms with Gasteiger partial charge in [0.2, 0.25) is 0 Å². The van der Waals surface area contributed by atoms with Crippen molar-refractivity contribution < 1.29 is 19.1 Å². The topological polar surface area (TPSA) is 76.7 Å². The number of rotatable bonds is 13. The summed E-state index contributed by atoms with van der Waals surface area (Å²) in [7, 11) is 0. The fourth-order valence-electron chi connectivity index (χ4n) is 5.97. The number of carbonyl (C=O) groups is 2. The Morgan fingerprint density at radius 1 is 0.771 bits per heavy atom. The van der Waals surface area contributed by atoms with Gasteiger partial charge in [-0.05, 0) is 68.6 Å². The van der Waals surface area contributed by atoms with E-state index in [0.717, 1.165) is 57.8 Å². The molecule has 0 radical (unpaired) electrons. The Morgan fingerprint density at radius 2 is 1.20 bits per heavy atom. The standard InChI is InChI=1S/C28H54N2O4.CH4/c1-10-27(11-2,12-3)20-33-23(31)29-19-26(9)17-22(16-25(7,8)18-26)30-24(32)34-21-28(13-4,14-5)15-6;/h22H,10-21H2,1-9H3,(H,29,31)(H,30,32);1H4. The molecule has 6 nitrogen and oxygen atoms in total. The molecule has 2 N–H and O–H groups in total. The Labute approximate surface area is 217 Å². The van der Waals surface area contributed by atoms with E-state index in [1.165, 1.54) is 0 Å². The van der Waals surface area contributed by atoms with Crippen LogP contribution in [-0.4, -0.2) is 38.0 Å². The Balaban J connectivity index is 0.0000116. The minimum Gasteiger partial charge on any atom is -0.449 e. The van der Waals surface area contributed by atoms with E-state index in [0.29, 0.717) is 19.8 Å². The largest absolute Gasteiger partial charge is 0.449 e. The van der Waals surface area contributed by atoms with E-state index < -0.39 is 0 Å². The van der Waals surface area contributed by atoms with Crippen LogP contribution in [0.1, 0.15) is 128 Å². The lowest BCUT2D eigenvalue weighted by molar-refractivity contribution is 0.0442. The van der Waals surface area contributed by atoms with E-state index in [9.17, 15) is 9.59 Å². The van der Waals surface area contributed by atoms with Gasteiger partial charge in [-0.15, -0.1) is 0 Å². The third kappa shape index (κ3) is 10.2. The van der Waals surface area contributed by atoms with Gasteiger partial charge in [0.05, 0.1) is 13.2 Å². The second-order valence-electron chi connectivity index (χ2n) is 12.0. The molecule has 2 atom stereocenters. The highest BCUT2D eigenvalue weighted by atomic mass is 16.6. The number of ether oxygens (including phenoxy) is 2. The normalized spacial score (nSPS) is 22.0. The molecule has 0 aromatic heterocycles. The fraction of sp³-hybridized carbons (Fsp3) is 0.931. The molecular formula is C29H58N2O4. The number of nitrogens with one attached hydrogen (secondary N) is 2. The van der Waals surface area contributed by atoms with E-state index in [1.54, 1.807) is 0 Å². The number of alkyl carbamates (subject to hydrolysis) is 2. The predicted molar refractivity (Wildman–Crippen MR) is 147 cm³/mol. The first-order valence-corrected chi connectivity index (χ1v) is 13.7. The lowest BCUT2D eigenvalue weighted by Crippen LogP contribution is -2.50. The van der Waals surface area contributed by atoms with E-state index in [-0.39, 0.29) is 47.3 Å². The first kappa shape index (κ1) is 33.5. The highest BCUT2D eigenvalue weighted by Crippen LogP contribution is 2.46. The van der Waals surface area contributed by atoms with Crippen LogP contribution in [0.2, 0.25) is 0 Å². The van der Waals surface area contributed by atoms with Crippen LogP contribution in [0.15, 0.2) is 0 Å². The molecule has 0 aliphatic heterocycles. The third-order valence-electron chi connectivity index (χ3n) is 8.94. The molecule has 1 fully saturated rings. The summed E-state index contributed by atoms with van der Waals surface area (Å²) >= 11 is 0. The van der Waals surface area contributed by atoms with Crippen molar-refractivity contribution in [2.24, 2.45) is 21.7 Å². The van der Waals surface area contributed by atoms with Crippen molar-refractivity contribution in [2.75, 3.05) is 19.8 Å². The molecule has 208 valence electrons. The van der Waals surface area contributed by atoms with Gasteiger partial charge in [0.25, 0.3) is 0 Å². The zero-order chi connectivity index (χ0) is 26.0. The summed E-state index contributed by atoms with van der Waals surface area (Å²) in [6.45, 7) is 21.1. The molecule has 2 amide bonds. The average Bonchev–Trinajstić information content (AvgIpc) is 2.79. The number of hydrogen-bond acceptors (Lipinski definition) is 4. The van der Waals surface area contributed by atoms with Crippen molar-refractivity contribution in [3.63, 3.8) is 0 Å². The lowest BCUT2D eigenvalue weighted by atomic mass is 9.62. The smallest absolute Gasteiger partial charge is 0.407 e. The highest BCUT2D eigenvalue weighted by Gasteiger charge is 2.42. The van der Waals surface area contributed by atoms with Crippen molar-refractivity contribution in [3.05, 3.63) is 0 Å². The van der Waals surface area contributed by atoms with Crippen molar-refractivity contribution in [2.45, 2.75) is 134 Å². The van der Waals surface area contributed by atoms with E-state index >= 15 is 0 Å². The zero-order valence-corrected chi connectivity index (χ0v) is 23.7. The van der Waals surface area contributed by atoms with Crippen molar-refractivity contribution >= 4 is 12.2 Å². The van der Waals surface area contributed by atoms with Crippen LogP contribution in [0, 0.1) is 21.7 Å². The van der Waals surface area contributed by atoms with Crippen LogP contribution in [0.4, 0.5) is 9.59 Å². The summed E-state index contributed by atoms with van der Waals surface area (Å²) in [5, 5.41) is 6.14. The molecule has 2 unspecified atom stereocenters. The van der Waals surface area contributed by atoms with Crippen molar-refractivity contribution in [1.82, 2.24) is 10.6 Å². The number of hydrogen-bond donors (Lipinski definition) is 2. The van der Waals surface area contributed by atoms with Crippen LogP contribution in [0.3, 0.4) is 0 Å². The summed E-state index contributed by atoms with van der Waals surface area (Å²) in [6.07, 6.45) is 7.99. The maximum atomic E-state index is 12.6. The van der Waals surface area contributed by atoms with Gasteiger partial charge in [0.1, 0.15) is 0 Å². The third-order valence-corrected chi connectivity index (χ3v) is 8.94. The first-order valence-electron chi connectivity index (χ1n) is 13.7.